The lowest BCUT2D eigenvalue weighted by Crippen LogP contribution is -2.51. The summed E-state index contributed by atoms with van der Waals surface area (Å²) >= 11 is 0. The Hall–Kier alpha value is -3.16. The highest BCUT2D eigenvalue weighted by Crippen LogP contribution is 2.37. The van der Waals surface area contributed by atoms with E-state index in [9.17, 15) is 5.26 Å². The van der Waals surface area contributed by atoms with Crippen LogP contribution in [0.15, 0.2) is 59.2 Å². The van der Waals surface area contributed by atoms with Gasteiger partial charge in [-0.3, -0.25) is 9.91 Å². The Morgan fingerprint density at radius 3 is 2.57 bits per heavy atom. The van der Waals surface area contributed by atoms with Crippen LogP contribution in [-0.4, -0.2) is 85.5 Å². The summed E-state index contributed by atoms with van der Waals surface area (Å²) in [5, 5.41) is 13.7. The van der Waals surface area contributed by atoms with Gasteiger partial charge in [0, 0.05) is 88.8 Å². The number of nitriles is 1. The lowest BCUT2D eigenvalue weighted by molar-refractivity contribution is 0.0321. The van der Waals surface area contributed by atoms with Crippen molar-refractivity contribution in [3.63, 3.8) is 0 Å². The van der Waals surface area contributed by atoms with E-state index in [2.05, 4.69) is 57.3 Å². The molecule has 5 aliphatic heterocycles. The highest BCUT2D eigenvalue weighted by Gasteiger charge is 2.30. The maximum absolute atomic E-state index is 9.73. The molecular weight excluding hydrogens is 440 g/mol. The second-order valence-corrected chi connectivity index (χ2v) is 9.66. The highest BCUT2D eigenvalue weighted by atomic mass is 16.5. The number of hydrogen-bond acceptors (Lipinski definition) is 9. The molecule has 0 radical (unpaired) electrons. The molecule has 5 aliphatic rings. The van der Waals surface area contributed by atoms with Crippen molar-refractivity contribution in [3.8, 4) is 6.07 Å². The fourth-order valence-corrected chi connectivity index (χ4v) is 5.57. The second kappa shape index (κ2) is 9.47. The molecule has 0 atom stereocenters. The topological polar surface area (TPSA) is 82.9 Å². The Morgan fingerprint density at radius 2 is 1.89 bits per heavy atom. The van der Waals surface area contributed by atoms with Gasteiger partial charge >= 0.3 is 0 Å². The van der Waals surface area contributed by atoms with E-state index in [1.165, 1.54) is 5.57 Å². The molecule has 1 aromatic heterocycles. The second-order valence-electron chi connectivity index (χ2n) is 9.66. The van der Waals surface area contributed by atoms with Crippen LogP contribution < -0.4 is 15.8 Å². The largest absolute Gasteiger partial charge is 0.381 e. The molecule has 0 amide bonds. The van der Waals surface area contributed by atoms with Crippen LogP contribution in [0.5, 0.6) is 0 Å². The van der Waals surface area contributed by atoms with Crippen LogP contribution in [0.3, 0.4) is 0 Å². The minimum Gasteiger partial charge on any atom is -0.381 e. The van der Waals surface area contributed by atoms with Crippen LogP contribution in [0, 0.1) is 11.3 Å². The van der Waals surface area contributed by atoms with Gasteiger partial charge in [-0.1, -0.05) is 0 Å². The summed E-state index contributed by atoms with van der Waals surface area (Å²) < 4.78 is 5.53. The first-order valence-electron chi connectivity index (χ1n) is 12.5. The number of aromatic nitrogens is 1. The number of fused-ring (bicyclic) bond motifs is 1. The van der Waals surface area contributed by atoms with Crippen molar-refractivity contribution >= 4 is 11.4 Å². The maximum atomic E-state index is 9.73. The third kappa shape index (κ3) is 4.34. The Labute approximate surface area is 206 Å². The number of piperazine rings is 1. The maximum Gasteiger partial charge on any atom is 0.128 e. The Bertz CT molecular complexity index is 1130. The first-order valence-corrected chi connectivity index (χ1v) is 12.5. The van der Waals surface area contributed by atoms with Crippen molar-refractivity contribution in [2.75, 3.05) is 64.4 Å². The van der Waals surface area contributed by atoms with Crippen molar-refractivity contribution in [1.29, 1.82) is 5.26 Å². The average Bonchev–Trinajstić information content (AvgIpc) is 3.55. The lowest BCUT2D eigenvalue weighted by Gasteiger charge is -2.41. The van der Waals surface area contributed by atoms with Crippen molar-refractivity contribution in [2.24, 2.45) is 0 Å². The summed E-state index contributed by atoms with van der Waals surface area (Å²) in [7, 11) is 2.00. The van der Waals surface area contributed by atoms with Crippen LogP contribution in [-0.2, 0) is 4.74 Å². The SMILES string of the molecule is CN1C=C(C2=CN3NCC(C#N)=C3C(c3ccc(N4CCN(C5CCOCC5)CC4)nc3)=C2)CN1. The van der Waals surface area contributed by atoms with Crippen molar-refractivity contribution in [2.45, 2.75) is 18.9 Å². The molecule has 2 fully saturated rings. The summed E-state index contributed by atoms with van der Waals surface area (Å²) in [6, 6.07) is 7.32. The Kier molecular flexibility index (Phi) is 6.04. The molecule has 0 aromatic carbocycles. The van der Waals surface area contributed by atoms with Gasteiger partial charge in [-0.25, -0.2) is 15.8 Å². The van der Waals surface area contributed by atoms with E-state index in [4.69, 9.17) is 9.72 Å². The smallest absolute Gasteiger partial charge is 0.128 e. The van der Waals surface area contributed by atoms with Crippen LogP contribution in [0.1, 0.15) is 18.4 Å². The fraction of sp³-hybridized carbons (Fsp3) is 0.462. The van der Waals surface area contributed by atoms with Crippen LogP contribution in [0.4, 0.5) is 5.82 Å². The normalized spacial score (nSPS) is 23.8. The number of pyridine rings is 1. The quantitative estimate of drug-likeness (QED) is 0.679. The number of anilines is 1. The van der Waals surface area contributed by atoms with Crippen molar-refractivity contribution in [1.82, 2.24) is 30.8 Å². The molecule has 0 saturated carbocycles. The van der Waals surface area contributed by atoms with Crippen LogP contribution in [0.25, 0.3) is 5.57 Å². The van der Waals surface area contributed by atoms with Crippen LogP contribution >= 0.6 is 0 Å². The minimum atomic E-state index is 0.535. The average molecular weight is 473 g/mol. The third-order valence-electron chi connectivity index (χ3n) is 7.55. The lowest BCUT2D eigenvalue weighted by atomic mass is 9.94. The summed E-state index contributed by atoms with van der Waals surface area (Å²) in [4.78, 5) is 9.87. The molecule has 0 bridgehead atoms. The Balaban J connectivity index is 1.21. The van der Waals surface area contributed by atoms with Gasteiger partial charge in [-0.15, -0.1) is 0 Å². The number of allylic oxidation sites excluding steroid dienone is 2. The number of nitrogens with one attached hydrogen (secondary N) is 2. The molecule has 6 rings (SSSR count). The standard InChI is InChI=1S/C26H32N8O/c1-31-17-22(16-29-31)20-12-24(26-21(13-27)15-30-34(26)18-20)19-2-3-25(28-14-19)33-8-6-32(7-9-33)23-4-10-35-11-5-23/h2-3,12,14,17-18,23,29-30H,4-11,15-16H2,1H3. The highest BCUT2D eigenvalue weighted by molar-refractivity contribution is 5.85. The molecule has 0 aliphatic carbocycles. The number of ether oxygens (including phenoxy) is 1. The zero-order chi connectivity index (χ0) is 23.8. The van der Waals surface area contributed by atoms with Crippen LogP contribution in [0.2, 0.25) is 0 Å². The molecule has 0 spiro atoms. The molecule has 9 heteroatoms. The molecule has 2 N–H and O–H groups in total. The predicted octanol–water partition coefficient (Wildman–Crippen LogP) is 1.60. The number of hydrazine groups is 2. The van der Waals surface area contributed by atoms with E-state index in [0.717, 1.165) is 92.6 Å². The summed E-state index contributed by atoms with van der Waals surface area (Å²) in [5.74, 6) is 1.02. The van der Waals surface area contributed by atoms with E-state index in [1.54, 1.807) is 0 Å². The molecule has 0 unspecified atom stereocenters. The van der Waals surface area contributed by atoms with E-state index in [0.29, 0.717) is 12.6 Å². The molecule has 182 valence electrons. The fourth-order valence-electron chi connectivity index (χ4n) is 5.57. The third-order valence-corrected chi connectivity index (χ3v) is 7.55. The van der Waals surface area contributed by atoms with Gasteiger partial charge in [0.25, 0.3) is 0 Å². The van der Waals surface area contributed by atoms with E-state index >= 15 is 0 Å². The van der Waals surface area contributed by atoms with Gasteiger partial charge in [0.1, 0.15) is 5.82 Å². The summed E-state index contributed by atoms with van der Waals surface area (Å²) in [6.45, 7) is 7.23. The first kappa shape index (κ1) is 22.3. The van der Waals surface area contributed by atoms with Gasteiger partial charge in [0.2, 0.25) is 0 Å². The van der Waals surface area contributed by atoms with Crippen molar-refractivity contribution in [3.05, 3.63) is 64.8 Å². The predicted molar refractivity (Wildman–Crippen MR) is 134 cm³/mol. The van der Waals surface area contributed by atoms with Gasteiger partial charge in [-0.05, 0) is 42.2 Å². The van der Waals surface area contributed by atoms with E-state index in [-0.39, 0.29) is 0 Å². The van der Waals surface area contributed by atoms with Gasteiger partial charge < -0.3 is 14.6 Å². The van der Waals surface area contributed by atoms with Crippen molar-refractivity contribution < 1.29 is 4.74 Å². The summed E-state index contributed by atoms with van der Waals surface area (Å²) in [6.07, 6.45) is 10.6. The molecule has 9 nitrogen and oxygen atoms in total. The van der Waals surface area contributed by atoms with E-state index < -0.39 is 0 Å². The zero-order valence-electron chi connectivity index (χ0n) is 20.2. The van der Waals surface area contributed by atoms with Gasteiger partial charge in [0.15, 0.2) is 0 Å². The molecule has 2 saturated heterocycles. The number of hydrogen-bond donors (Lipinski definition) is 2. The van der Waals surface area contributed by atoms with Gasteiger partial charge in [0.05, 0.1) is 23.9 Å². The number of nitrogens with zero attached hydrogens (tertiary/aromatic N) is 6. The van der Waals surface area contributed by atoms with E-state index in [1.807, 2.05) is 23.3 Å². The molecule has 6 heterocycles. The zero-order valence-corrected chi connectivity index (χ0v) is 20.2. The number of rotatable bonds is 4. The summed E-state index contributed by atoms with van der Waals surface area (Å²) in [5.41, 5.74) is 12.7. The van der Waals surface area contributed by atoms with Gasteiger partial charge in [-0.2, -0.15) is 5.26 Å². The Morgan fingerprint density at radius 1 is 1.06 bits per heavy atom. The monoisotopic (exact) mass is 472 g/mol. The minimum absolute atomic E-state index is 0.535. The molecular formula is C26H32N8O. The molecule has 35 heavy (non-hydrogen) atoms. The molecule has 1 aromatic rings. The first-order chi connectivity index (χ1) is 17.2.